The third-order valence-electron chi connectivity index (χ3n) is 4.68. The van der Waals surface area contributed by atoms with Crippen LogP contribution in [0.25, 0.3) is 10.2 Å². The van der Waals surface area contributed by atoms with Gasteiger partial charge in [0.15, 0.2) is 5.13 Å². The molecular formula is C16H20BrN3S. The van der Waals surface area contributed by atoms with E-state index in [9.17, 15) is 0 Å². The van der Waals surface area contributed by atoms with Crippen molar-refractivity contribution in [3.63, 3.8) is 0 Å². The number of hydrogen-bond acceptors (Lipinski definition) is 4. The summed E-state index contributed by atoms with van der Waals surface area (Å²) in [5.41, 5.74) is 1.12. The van der Waals surface area contributed by atoms with Gasteiger partial charge < -0.3 is 4.90 Å². The molecule has 112 valence electrons. The summed E-state index contributed by atoms with van der Waals surface area (Å²) in [6.45, 7) is 4.90. The molecule has 0 bridgehead atoms. The predicted molar refractivity (Wildman–Crippen MR) is 93.4 cm³/mol. The molecular weight excluding hydrogens is 346 g/mol. The van der Waals surface area contributed by atoms with Crippen molar-refractivity contribution in [2.45, 2.75) is 31.7 Å². The zero-order valence-corrected chi connectivity index (χ0v) is 14.5. The number of hydrogen-bond donors (Lipinski definition) is 0. The van der Waals surface area contributed by atoms with E-state index in [2.05, 4.69) is 43.9 Å². The molecule has 0 amide bonds. The Balaban J connectivity index is 1.50. The molecule has 0 unspecified atom stereocenters. The molecule has 2 aromatic rings. The minimum Gasteiger partial charge on any atom is -0.346 e. The molecule has 2 aliphatic rings. The molecule has 1 aromatic heterocycles. The summed E-state index contributed by atoms with van der Waals surface area (Å²) in [6, 6.07) is 7.13. The van der Waals surface area contributed by atoms with Gasteiger partial charge in [-0.3, -0.25) is 4.90 Å². The van der Waals surface area contributed by atoms with Crippen LogP contribution in [-0.2, 0) is 0 Å². The Hall–Kier alpha value is -0.650. The summed E-state index contributed by atoms with van der Waals surface area (Å²) in [6.07, 6.45) is 5.47. The van der Waals surface area contributed by atoms with Crippen LogP contribution in [0, 0.1) is 0 Å². The Morgan fingerprint density at radius 3 is 2.86 bits per heavy atom. The molecule has 0 saturated carbocycles. The van der Waals surface area contributed by atoms with E-state index in [-0.39, 0.29) is 0 Å². The average Bonchev–Trinajstić information content (AvgIpc) is 3.14. The van der Waals surface area contributed by atoms with Crippen molar-refractivity contribution < 1.29 is 0 Å². The van der Waals surface area contributed by atoms with E-state index in [1.165, 1.54) is 48.6 Å². The number of benzene rings is 1. The highest BCUT2D eigenvalue weighted by Crippen LogP contribution is 2.33. The Bertz CT molecular complexity index is 635. The number of nitrogens with zero attached hydrogens (tertiary/aromatic N) is 3. The number of anilines is 1. The summed E-state index contributed by atoms with van der Waals surface area (Å²) in [4.78, 5) is 10.0. The smallest absolute Gasteiger partial charge is 0.186 e. The van der Waals surface area contributed by atoms with Crippen molar-refractivity contribution in [3.05, 3.63) is 22.7 Å². The van der Waals surface area contributed by atoms with Gasteiger partial charge in [-0.15, -0.1) is 0 Å². The standard InChI is InChI=1S/C16H20BrN3S/c17-12-4-5-15-14(10-12)18-16(21-15)20-9-6-13(11-20)19-7-2-1-3-8-19/h4-5,10,13H,1-3,6-9,11H2/t13-/m1/s1. The maximum atomic E-state index is 4.83. The highest BCUT2D eigenvalue weighted by Gasteiger charge is 2.29. The second-order valence-corrected chi connectivity index (χ2v) is 8.02. The average molecular weight is 366 g/mol. The first-order valence-electron chi connectivity index (χ1n) is 7.85. The quantitative estimate of drug-likeness (QED) is 0.797. The first kappa shape index (κ1) is 14.0. The van der Waals surface area contributed by atoms with Gasteiger partial charge in [0, 0.05) is 23.6 Å². The molecule has 0 N–H and O–H groups in total. The molecule has 2 fully saturated rings. The van der Waals surface area contributed by atoms with E-state index in [4.69, 9.17) is 4.98 Å². The van der Waals surface area contributed by atoms with Crippen LogP contribution in [0.3, 0.4) is 0 Å². The molecule has 3 nitrogen and oxygen atoms in total. The summed E-state index contributed by atoms with van der Waals surface area (Å²) in [7, 11) is 0. The fourth-order valence-electron chi connectivity index (χ4n) is 3.52. The molecule has 0 radical (unpaired) electrons. The van der Waals surface area contributed by atoms with Crippen molar-refractivity contribution >= 4 is 42.6 Å². The fourth-order valence-corrected chi connectivity index (χ4v) is 4.85. The van der Waals surface area contributed by atoms with Crippen LogP contribution in [0.1, 0.15) is 25.7 Å². The van der Waals surface area contributed by atoms with Gasteiger partial charge in [-0.05, 0) is 50.6 Å². The van der Waals surface area contributed by atoms with Gasteiger partial charge in [0.05, 0.1) is 10.2 Å². The zero-order chi connectivity index (χ0) is 14.2. The summed E-state index contributed by atoms with van der Waals surface area (Å²) < 4.78 is 2.40. The molecule has 0 aliphatic carbocycles. The molecule has 21 heavy (non-hydrogen) atoms. The predicted octanol–water partition coefficient (Wildman–Crippen LogP) is 4.12. The largest absolute Gasteiger partial charge is 0.346 e. The molecule has 2 aliphatic heterocycles. The molecule has 3 heterocycles. The Kier molecular flexibility index (Phi) is 3.90. The van der Waals surface area contributed by atoms with Gasteiger partial charge in [0.25, 0.3) is 0 Å². The SMILES string of the molecule is Brc1ccc2sc(N3CC[C@@H](N4CCCCC4)C3)nc2c1. The summed E-state index contributed by atoms with van der Waals surface area (Å²) in [5.74, 6) is 0. The molecule has 2 saturated heterocycles. The minimum absolute atomic E-state index is 0.740. The van der Waals surface area contributed by atoms with Gasteiger partial charge in [-0.1, -0.05) is 33.7 Å². The van der Waals surface area contributed by atoms with Crippen molar-refractivity contribution in [1.82, 2.24) is 9.88 Å². The lowest BCUT2D eigenvalue weighted by molar-refractivity contribution is 0.175. The first-order chi connectivity index (χ1) is 10.3. The van der Waals surface area contributed by atoms with Crippen molar-refractivity contribution in [3.8, 4) is 0 Å². The second-order valence-electron chi connectivity index (χ2n) is 6.09. The van der Waals surface area contributed by atoms with E-state index < -0.39 is 0 Å². The maximum absolute atomic E-state index is 4.83. The number of halogens is 1. The van der Waals surface area contributed by atoms with Crippen molar-refractivity contribution in [2.75, 3.05) is 31.1 Å². The number of aromatic nitrogens is 1. The van der Waals surface area contributed by atoms with E-state index in [1.54, 1.807) is 0 Å². The van der Waals surface area contributed by atoms with Gasteiger partial charge in [0.1, 0.15) is 0 Å². The number of likely N-dealkylation sites (tertiary alicyclic amines) is 1. The van der Waals surface area contributed by atoms with Crippen LogP contribution in [-0.4, -0.2) is 42.1 Å². The molecule has 1 atom stereocenters. The van der Waals surface area contributed by atoms with Gasteiger partial charge in [0.2, 0.25) is 0 Å². The van der Waals surface area contributed by atoms with Crippen molar-refractivity contribution in [2.24, 2.45) is 0 Å². The highest BCUT2D eigenvalue weighted by molar-refractivity contribution is 9.10. The Morgan fingerprint density at radius 2 is 2.00 bits per heavy atom. The van der Waals surface area contributed by atoms with E-state index >= 15 is 0 Å². The van der Waals surface area contributed by atoms with Crippen LogP contribution in [0.2, 0.25) is 0 Å². The van der Waals surface area contributed by atoms with E-state index in [1.807, 2.05) is 11.3 Å². The third kappa shape index (κ3) is 2.83. The second kappa shape index (κ2) is 5.86. The van der Waals surface area contributed by atoms with Gasteiger partial charge in [-0.2, -0.15) is 0 Å². The summed E-state index contributed by atoms with van der Waals surface area (Å²) >= 11 is 5.36. The Morgan fingerprint density at radius 1 is 1.14 bits per heavy atom. The lowest BCUT2D eigenvalue weighted by Crippen LogP contribution is -2.40. The number of piperidine rings is 1. The van der Waals surface area contributed by atoms with E-state index in [0.29, 0.717) is 0 Å². The Labute approximate surface area is 138 Å². The number of thiazole rings is 1. The molecule has 5 heteroatoms. The lowest BCUT2D eigenvalue weighted by atomic mass is 10.1. The monoisotopic (exact) mass is 365 g/mol. The summed E-state index contributed by atoms with van der Waals surface area (Å²) in [5, 5.41) is 1.20. The highest BCUT2D eigenvalue weighted by atomic mass is 79.9. The van der Waals surface area contributed by atoms with Crippen LogP contribution in [0.5, 0.6) is 0 Å². The van der Waals surface area contributed by atoms with Crippen LogP contribution in [0.15, 0.2) is 22.7 Å². The minimum atomic E-state index is 0.740. The van der Waals surface area contributed by atoms with Crippen LogP contribution in [0.4, 0.5) is 5.13 Å². The molecule has 4 rings (SSSR count). The maximum Gasteiger partial charge on any atom is 0.186 e. The van der Waals surface area contributed by atoms with E-state index in [0.717, 1.165) is 29.1 Å². The van der Waals surface area contributed by atoms with Crippen molar-refractivity contribution in [1.29, 1.82) is 0 Å². The third-order valence-corrected chi connectivity index (χ3v) is 6.27. The normalized spacial score (nSPS) is 24.0. The van der Waals surface area contributed by atoms with Crippen LogP contribution < -0.4 is 4.90 Å². The molecule has 1 aromatic carbocycles. The fraction of sp³-hybridized carbons (Fsp3) is 0.562. The van der Waals surface area contributed by atoms with Gasteiger partial charge >= 0.3 is 0 Å². The number of rotatable bonds is 2. The van der Waals surface area contributed by atoms with Gasteiger partial charge in [-0.25, -0.2) is 4.98 Å². The number of fused-ring (bicyclic) bond motifs is 1. The van der Waals surface area contributed by atoms with Crippen LogP contribution >= 0.6 is 27.3 Å². The molecule has 0 spiro atoms. The first-order valence-corrected chi connectivity index (χ1v) is 9.46. The topological polar surface area (TPSA) is 19.4 Å². The lowest BCUT2D eigenvalue weighted by Gasteiger charge is -2.32. The zero-order valence-electron chi connectivity index (χ0n) is 12.1.